The lowest BCUT2D eigenvalue weighted by Gasteiger charge is -2.16. The van der Waals surface area contributed by atoms with E-state index in [1.54, 1.807) is 17.5 Å². The van der Waals surface area contributed by atoms with E-state index in [9.17, 15) is 24.3 Å². The Hall–Kier alpha value is -3.49. The molecule has 7 nitrogen and oxygen atoms in total. The Kier molecular flexibility index (Phi) is 7.09. The van der Waals surface area contributed by atoms with Crippen molar-refractivity contribution in [1.29, 1.82) is 0 Å². The van der Waals surface area contributed by atoms with Crippen LogP contribution in [0.1, 0.15) is 48.3 Å². The number of carbonyl (C=O) groups excluding carboxylic acids is 3. The summed E-state index contributed by atoms with van der Waals surface area (Å²) in [6.07, 6.45) is 0.764. The van der Waals surface area contributed by atoms with Gasteiger partial charge in [0.25, 0.3) is 11.8 Å². The van der Waals surface area contributed by atoms with E-state index in [4.69, 9.17) is 11.6 Å². The second kappa shape index (κ2) is 10.2. The van der Waals surface area contributed by atoms with Crippen molar-refractivity contribution in [1.82, 2.24) is 10.6 Å². The van der Waals surface area contributed by atoms with Crippen molar-refractivity contribution in [3.8, 4) is 0 Å². The van der Waals surface area contributed by atoms with E-state index in [-0.39, 0.29) is 34.7 Å². The van der Waals surface area contributed by atoms with Crippen LogP contribution in [0.25, 0.3) is 0 Å². The van der Waals surface area contributed by atoms with E-state index >= 15 is 0 Å². The molecule has 0 radical (unpaired) electrons. The highest BCUT2D eigenvalue weighted by Crippen LogP contribution is 2.49. The largest absolute Gasteiger partial charge is 0.480 e. The number of ketones is 1. The van der Waals surface area contributed by atoms with Gasteiger partial charge in [-0.15, -0.1) is 11.3 Å². The van der Waals surface area contributed by atoms with Gasteiger partial charge in [-0.2, -0.15) is 0 Å². The third-order valence-electron chi connectivity index (χ3n) is 5.67. The predicted octanol–water partition coefficient (Wildman–Crippen LogP) is 4.00. The number of nitrogens with one attached hydrogen (secondary N) is 2. The summed E-state index contributed by atoms with van der Waals surface area (Å²) in [7, 11) is 0. The molecule has 1 aliphatic rings. The van der Waals surface area contributed by atoms with E-state index < -0.39 is 23.8 Å². The quantitative estimate of drug-likeness (QED) is 0.387. The van der Waals surface area contributed by atoms with Gasteiger partial charge in [0.15, 0.2) is 5.78 Å². The maximum Gasteiger partial charge on any atom is 0.328 e. The van der Waals surface area contributed by atoms with Crippen LogP contribution in [0.15, 0.2) is 66.0 Å². The first-order valence-corrected chi connectivity index (χ1v) is 11.8. The van der Waals surface area contributed by atoms with Gasteiger partial charge in [-0.05, 0) is 41.5 Å². The van der Waals surface area contributed by atoms with Gasteiger partial charge in [0.05, 0.1) is 15.5 Å². The van der Waals surface area contributed by atoms with Gasteiger partial charge < -0.3 is 15.7 Å². The summed E-state index contributed by atoms with van der Waals surface area (Å²) >= 11 is 7.50. The van der Waals surface area contributed by atoms with Crippen molar-refractivity contribution < 1.29 is 24.3 Å². The summed E-state index contributed by atoms with van der Waals surface area (Å²) in [4.78, 5) is 49.6. The molecule has 3 N–H and O–H groups in total. The van der Waals surface area contributed by atoms with Gasteiger partial charge in [0.2, 0.25) is 0 Å². The topological polar surface area (TPSA) is 113 Å². The number of thiophene rings is 1. The molecule has 3 aromatic rings. The Bertz CT molecular complexity index is 1230. The highest BCUT2D eigenvalue weighted by Gasteiger charge is 2.44. The Morgan fingerprint density at radius 1 is 1.03 bits per heavy atom. The van der Waals surface area contributed by atoms with Crippen LogP contribution in [-0.2, 0) is 4.79 Å². The molecule has 4 rings (SSSR count). The molecule has 1 aliphatic carbocycles. The molecule has 2 aromatic carbocycles. The minimum atomic E-state index is -1.35. The van der Waals surface area contributed by atoms with E-state index in [1.165, 1.54) is 29.5 Å². The summed E-state index contributed by atoms with van der Waals surface area (Å²) in [6.45, 7) is -0.297. The van der Waals surface area contributed by atoms with Crippen LogP contribution in [0.2, 0.25) is 5.02 Å². The average Bonchev–Trinajstić information content (AvgIpc) is 3.44. The molecule has 1 heterocycles. The zero-order valence-electron chi connectivity index (χ0n) is 17.9. The smallest absolute Gasteiger partial charge is 0.328 e. The number of hydrogen-bond donors (Lipinski definition) is 3. The molecule has 2 amide bonds. The first-order chi connectivity index (χ1) is 16.3. The molecule has 0 aliphatic heterocycles. The van der Waals surface area contributed by atoms with Gasteiger partial charge in [0, 0.05) is 18.0 Å². The number of aliphatic carboxylic acids is 1. The molecule has 1 saturated carbocycles. The number of carboxylic acids is 1. The molecule has 3 unspecified atom stereocenters. The molecule has 9 heteroatoms. The number of amides is 2. The first-order valence-electron chi connectivity index (χ1n) is 10.6. The van der Waals surface area contributed by atoms with Crippen molar-refractivity contribution in [2.75, 3.05) is 6.54 Å². The molecule has 3 atom stereocenters. The van der Waals surface area contributed by atoms with E-state index in [2.05, 4.69) is 10.6 Å². The van der Waals surface area contributed by atoms with Crippen molar-refractivity contribution in [2.45, 2.75) is 18.4 Å². The minimum absolute atomic E-state index is 0.0394. The number of hydrogen-bond acceptors (Lipinski definition) is 5. The second-order valence-electron chi connectivity index (χ2n) is 7.97. The molecular formula is C25H21ClN2O5S. The third kappa shape index (κ3) is 5.35. The highest BCUT2D eigenvalue weighted by atomic mass is 35.5. The molecule has 1 fully saturated rings. The molecule has 174 valence electrons. The monoisotopic (exact) mass is 496 g/mol. The van der Waals surface area contributed by atoms with Crippen LogP contribution >= 0.6 is 22.9 Å². The lowest BCUT2D eigenvalue weighted by Crippen LogP contribution is -2.48. The zero-order valence-corrected chi connectivity index (χ0v) is 19.4. The number of halogens is 1. The fraction of sp³-hybridized carbons (Fsp3) is 0.200. The van der Waals surface area contributed by atoms with Crippen LogP contribution in [-0.4, -0.2) is 41.3 Å². The minimum Gasteiger partial charge on any atom is -0.480 e. The number of rotatable bonds is 9. The van der Waals surface area contributed by atoms with Gasteiger partial charge in [-0.1, -0.05) is 54.1 Å². The summed E-state index contributed by atoms with van der Waals surface area (Å²) < 4.78 is 0. The zero-order chi connectivity index (χ0) is 24.2. The Morgan fingerprint density at radius 3 is 2.44 bits per heavy atom. The van der Waals surface area contributed by atoms with Gasteiger partial charge in [-0.3, -0.25) is 14.4 Å². The normalized spacial score (nSPS) is 17.4. The van der Waals surface area contributed by atoms with E-state index in [0.717, 1.165) is 12.0 Å². The van der Waals surface area contributed by atoms with Crippen LogP contribution in [0.3, 0.4) is 0 Å². The van der Waals surface area contributed by atoms with Gasteiger partial charge in [0.1, 0.15) is 6.04 Å². The lowest BCUT2D eigenvalue weighted by atomic mass is 10.0. The molecule has 0 saturated heterocycles. The lowest BCUT2D eigenvalue weighted by molar-refractivity contribution is -0.139. The molecule has 0 spiro atoms. The van der Waals surface area contributed by atoms with E-state index in [0.29, 0.717) is 10.4 Å². The van der Waals surface area contributed by atoms with Gasteiger partial charge in [-0.25, -0.2) is 4.79 Å². The maximum atomic E-state index is 12.9. The molecule has 1 aromatic heterocycles. The summed E-state index contributed by atoms with van der Waals surface area (Å²) in [6, 6.07) is 16.2. The van der Waals surface area contributed by atoms with E-state index in [1.807, 2.05) is 30.3 Å². The fourth-order valence-corrected chi connectivity index (χ4v) is 4.65. The summed E-state index contributed by atoms with van der Waals surface area (Å²) in [5.41, 5.74) is 1.57. The number of carbonyl (C=O) groups is 4. The Labute approximate surface area is 204 Å². The molecule has 0 bridgehead atoms. The van der Waals surface area contributed by atoms with Crippen molar-refractivity contribution in [3.63, 3.8) is 0 Å². The third-order valence-corrected chi connectivity index (χ3v) is 6.85. The van der Waals surface area contributed by atoms with Crippen LogP contribution in [0.5, 0.6) is 0 Å². The first kappa shape index (κ1) is 23.7. The summed E-state index contributed by atoms with van der Waals surface area (Å²) in [5, 5.41) is 16.1. The number of carboxylic acid groups (broad SMARTS) is 1. The standard InChI is InChI=1S/C25H21ClN2O5S/c26-19-11-15(22(29)18-12-17(18)14-5-2-1-3-6-14)8-9-16(19)23(30)28-20(25(32)33)13-27-24(31)21-7-4-10-34-21/h1-11,17-18,20H,12-13H2,(H,27,31)(H,28,30)(H,32,33). The number of benzene rings is 2. The van der Waals surface area contributed by atoms with Crippen molar-refractivity contribution in [3.05, 3.63) is 92.6 Å². The molecule has 34 heavy (non-hydrogen) atoms. The van der Waals surface area contributed by atoms with Crippen LogP contribution < -0.4 is 10.6 Å². The number of Topliss-reactive ketones (excluding diaryl/α,β-unsaturated/α-hetero) is 1. The van der Waals surface area contributed by atoms with Crippen LogP contribution in [0, 0.1) is 5.92 Å². The second-order valence-corrected chi connectivity index (χ2v) is 9.32. The molecular weight excluding hydrogens is 476 g/mol. The maximum absolute atomic E-state index is 12.9. The fourth-order valence-electron chi connectivity index (χ4n) is 3.75. The SMILES string of the molecule is O=C(NCC(NC(=O)c1ccc(C(=O)C2CC2c2ccccc2)cc1Cl)C(=O)O)c1cccs1. The average molecular weight is 497 g/mol. The highest BCUT2D eigenvalue weighted by molar-refractivity contribution is 7.12. The Morgan fingerprint density at radius 2 is 1.79 bits per heavy atom. The van der Waals surface area contributed by atoms with Crippen molar-refractivity contribution in [2.24, 2.45) is 5.92 Å². The summed E-state index contributed by atoms with van der Waals surface area (Å²) in [5.74, 6) is -2.43. The predicted molar refractivity (Wildman–Crippen MR) is 129 cm³/mol. The Balaban J connectivity index is 1.38. The van der Waals surface area contributed by atoms with Crippen LogP contribution in [0.4, 0.5) is 0 Å². The van der Waals surface area contributed by atoms with Gasteiger partial charge >= 0.3 is 5.97 Å². The van der Waals surface area contributed by atoms with Crippen molar-refractivity contribution >= 4 is 46.5 Å².